The van der Waals surface area contributed by atoms with Gasteiger partial charge in [-0.15, -0.1) is 0 Å². The molecule has 33 heavy (non-hydrogen) atoms. The molecule has 1 amide bonds. The zero-order valence-electron chi connectivity index (χ0n) is 18.0. The molecule has 170 valence electrons. The van der Waals surface area contributed by atoms with Crippen molar-refractivity contribution >= 4 is 57.0 Å². The Labute approximate surface area is 199 Å². The second-order valence-corrected chi connectivity index (χ2v) is 9.37. The number of carbonyl (C=O) groups excluding carboxylic acids is 1. The molecule has 1 fully saturated rings. The molecule has 1 aliphatic heterocycles. The molecule has 0 saturated carbocycles. The molecule has 1 aliphatic rings. The largest absolute Gasteiger partial charge is 0.448 e. The first-order valence-electron chi connectivity index (χ1n) is 10.7. The standard InChI is InChI=1S/C24H22ClN3O4S/c1-14-8-9-15(11-18(14)25)26-20(29)13-33-24-27-21-17-6-2-3-7-19(17)32-22(21)23(30)28(24)12-16-5-4-10-31-16/h2-3,6-9,11,16H,4-5,10,12-13H2,1H3,(H,26,29)/t16-/m1/s1. The van der Waals surface area contributed by atoms with Gasteiger partial charge >= 0.3 is 0 Å². The average molecular weight is 484 g/mol. The van der Waals surface area contributed by atoms with E-state index in [1.807, 2.05) is 37.3 Å². The molecule has 1 N–H and O–H groups in total. The van der Waals surface area contributed by atoms with E-state index < -0.39 is 0 Å². The Balaban J connectivity index is 1.45. The molecule has 1 atom stereocenters. The normalized spacial score (nSPS) is 16.0. The molecule has 0 radical (unpaired) electrons. The molecule has 9 heteroatoms. The van der Waals surface area contributed by atoms with Crippen molar-refractivity contribution in [1.29, 1.82) is 0 Å². The third-order valence-electron chi connectivity index (χ3n) is 5.65. The number of hydrogen-bond acceptors (Lipinski definition) is 6. The first kappa shape index (κ1) is 22.0. The smallest absolute Gasteiger partial charge is 0.297 e. The summed E-state index contributed by atoms with van der Waals surface area (Å²) in [6.07, 6.45) is 1.78. The molecular weight excluding hydrogens is 462 g/mol. The van der Waals surface area contributed by atoms with Crippen molar-refractivity contribution in [2.45, 2.75) is 37.6 Å². The zero-order valence-corrected chi connectivity index (χ0v) is 19.5. The predicted molar refractivity (Wildman–Crippen MR) is 130 cm³/mol. The van der Waals surface area contributed by atoms with Crippen LogP contribution in [0.2, 0.25) is 5.02 Å². The fraction of sp³-hybridized carbons (Fsp3) is 0.292. The molecule has 2 aromatic heterocycles. The van der Waals surface area contributed by atoms with E-state index >= 15 is 0 Å². The number of nitrogens with zero attached hydrogens (tertiary/aromatic N) is 2. The number of amides is 1. The van der Waals surface area contributed by atoms with E-state index in [1.54, 1.807) is 16.7 Å². The van der Waals surface area contributed by atoms with Gasteiger partial charge in [0.2, 0.25) is 11.5 Å². The van der Waals surface area contributed by atoms with Gasteiger partial charge in [0.15, 0.2) is 5.16 Å². The molecule has 4 aromatic rings. The van der Waals surface area contributed by atoms with E-state index in [-0.39, 0.29) is 28.9 Å². The number of ether oxygens (including phenoxy) is 1. The number of anilines is 1. The van der Waals surface area contributed by atoms with E-state index in [4.69, 9.17) is 25.7 Å². The quantitative estimate of drug-likeness (QED) is 0.306. The first-order chi connectivity index (χ1) is 16.0. The molecule has 0 bridgehead atoms. The summed E-state index contributed by atoms with van der Waals surface area (Å²) in [4.78, 5) is 30.7. The molecule has 3 heterocycles. The van der Waals surface area contributed by atoms with Crippen molar-refractivity contribution in [3.05, 3.63) is 63.4 Å². The fourth-order valence-electron chi connectivity index (χ4n) is 3.91. The summed E-state index contributed by atoms with van der Waals surface area (Å²) in [6.45, 7) is 2.96. The maximum absolute atomic E-state index is 13.4. The summed E-state index contributed by atoms with van der Waals surface area (Å²) in [5.74, 6) is -0.125. The minimum absolute atomic E-state index is 0.0609. The van der Waals surface area contributed by atoms with Gasteiger partial charge in [0, 0.05) is 22.7 Å². The number of hydrogen-bond donors (Lipinski definition) is 1. The second-order valence-electron chi connectivity index (χ2n) is 8.02. The molecule has 2 aromatic carbocycles. The molecule has 0 aliphatic carbocycles. The van der Waals surface area contributed by atoms with Crippen LogP contribution in [0.5, 0.6) is 0 Å². The van der Waals surface area contributed by atoms with Crippen LogP contribution in [0, 0.1) is 6.92 Å². The van der Waals surface area contributed by atoms with Gasteiger partial charge in [-0.2, -0.15) is 0 Å². The maximum Gasteiger partial charge on any atom is 0.297 e. The highest BCUT2D eigenvalue weighted by Gasteiger charge is 2.23. The minimum Gasteiger partial charge on any atom is -0.448 e. The lowest BCUT2D eigenvalue weighted by Gasteiger charge is -2.15. The van der Waals surface area contributed by atoms with Gasteiger partial charge in [-0.05, 0) is 49.6 Å². The Morgan fingerprint density at radius 2 is 2.15 bits per heavy atom. The van der Waals surface area contributed by atoms with Gasteiger partial charge in [-0.1, -0.05) is 41.6 Å². The van der Waals surface area contributed by atoms with Gasteiger partial charge in [0.25, 0.3) is 5.56 Å². The fourth-order valence-corrected chi connectivity index (χ4v) is 4.90. The number of para-hydroxylation sites is 1. The van der Waals surface area contributed by atoms with Crippen LogP contribution in [-0.2, 0) is 16.1 Å². The van der Waals surface area contributed by atoms with Crippen molar-refractivity contribution in [3.8, 4) is 0 Å². The third kappa shape index (κ3) is 4.51. The Bertz CT molecular complexity index is 1410. The van der Waals surface area contributed by atoms with Crippen LogP contribution in [0.15, 0.2) is 56.8 Å². The molecule has 0 unspecified atom stereocenters. The summed E-state index contributed by atoms with van der Waals surface area (Å²) in [6, 6.07) is 12.8. The first-order valence-corrected chi connectivity index (χ1v) is 12.1. The number of aryl methyl sites for hydroxylation is 1. The molecular formula is C24H22ClN3O4S. The summed E-state index contributed by atoms with van der Waals surface area (Å²) in [5.41, 5.74) is 2.63. The second kappa shape index (κ2) is 9.21. The summed E-state index contributed by atoms with van der Waals surface area (Å²) >= 11 is 7.37. The number of furan rings is 1. The highest BCUT2D eigenvalue weighted by Crippen LogP contribution is 2.28. The molecule has 0 spiro atoms. The lowest BCUT2D eigenvalue weighted by molar-refractivity contribution is -0.113. The molecule has 1 saturated heterocycles. The van der Waals surface area contributed by atoms with E-state index in [2.05, 4.69) is 5.32 Å². The van der Waals surface area contributed by atoms with Crippen LogP contribution < -0.4 is 10.9 Å². The number of nitrogens with one attached hydrogen (secondary N) is 1. The topological polar surface area (TPSA) is 86.4 Å². The number of benzene rings is 2. The van der Waals surface area contributed by atoms with Crippen molar-refractivity contribution in [2.24, 2.45) is 0 Å². The summed E-state index contributed by atoms with van der Waals surface area (Å²) < 4.78 is 13.1. The highest BCUT2D eigenvalue weighted by atomic mass is 35.5. The number of thioether (sulfide) groups is 1. The lowest BCUT2D eigenvalue weighted by atomic mass is 10.2. The van der Waals surface area contributed by atoms with E-state index in [0.717, 1.165) is 23.8 Å². The van der Waals surface area contributed by atoms with Crippen LogP contribution in [-0.4, -0.2) is 33.9 Å². The predicted octanol–water partition coefficient (Wildman–Crippen LogP) is 5.01. The number of aromatic nitrogens is 2. The number of rotatable bonds is 6. The minimum atomic E-state index is -0.264. The van der Waals surface area contributed by atoms with Gasteiger partial charge in [-0.3, -0.25) is 14.2 Å². The Hall–Kier alpha value is -2.81. The molecule has 7 nitrogen and oxygen atoms in total. The number of fused-ring (bicyclic) bond motifs is 3. The Morgan fingerprint density at radius 1 is 1.30 bits per heavy atom. The van der Waals surface area contributed by atoms with Gasteiger partial charge < -0.3 is 14.5 Å². The van der Waals surface area contributed by atoms with Crippen LogP contribution in [0.4, 0.5) is 5.69 Å². The highest BCUT2D eigenvalue weighted by molar-refractivity contribution is 7.99. The molecule has 5 rings (SSSR count). The number of carbonyl (C=O) groups is 1. The van der Waals surface area contributed by atoms with Crippen LogP contribution in [0.3, 0.4) is 0 Å². The zero-order chi connectivity index (χ0) is 22.9. The summed E-state index contributed by atoms with van der Waals surface area (Å²) in [5, 5.41) is 4.67. The average Bonchev–Trinajstić information content (AvgIpc) is 3.45. The van der Waals surface area contributed by atoms with Crippen molar-refractivity contribution < 1.29 is 13.9 Å². The van der Waals surface area contributed by atoms with Gasteiger partial charge in [0.1, 0.15) is 11.1 Å². The van der Waals surface area contributed by atoms with Crippen molar-refractivity contribution in [3.63, 3.8) is 0 Å². The van der Waals surface area contributed by atoms with Gasteiger partial charge in [0.05, 0.1) is 18.4 Å². The van der Waals surface area contributed by atoms with E-state index in [1.165, 1.54) is 11.8 Å². The lowest BCUT2D eigenvalue weighted by Crippen LogP contribution is -2.29. The van der Waals surface area contributed by atoms with Crippen LogP contribution >= 0.6 is 23.4 Å². The van der Waals surface area contributed by atoms with E-state index in [0.29, 0.717) is 40.1 Å². The SMILES string of the molecule is Cc1ccc(NC(=O)CSc2nc3c(oc4ccccc43)c(=O)n2C[C@H]2CCCO2)cc1Cl. The summed E-state index contributed by atoms with van der Waals surface area (Å²) in [7, 11) is 0. The number of halogens is 1. The Morgan fingerprint density at radius 3 is 2.94 bits per heavy atom. The van der Waals surface area contributed by atoms with Crippen LogP contribution in [0.25, 0.3) is 22.1 Å². The van der Waals surface area contributed by atoms with Gasteiger partial charge in [-0.25, -0.2) is 4.98 Å². The monoisotopic (exact) mass is 483 g/mol. The third-order valence-corrected chi connectivity index (χ3v) is 7.03. The van der Waals surface area contributed by atoms with E-state index in [9.17, 15) is 9.59 Å². The maximum atomic E-state index is 13.4. The Kier molecular flexibility index (Phi) is 6.14. The van der Waals surface area contributed by atoms with Crippen LogP contribution in [0.1, 0.15) is 18.4 Å². The van der Waals surface area contributed by atoms with Crippen molar-refractivity contribution in [1.82, 2.24) is 9.55 Å². The van der Waals surface area contributed by atoms with Crippen molar-refractivity contribution in [2.75, 3.05) is 17.7 Å².